The number of halogens is 2. The van der Waals surface area contributed by atoms with Crippen molar-refractivity contribution in [1.29, 1.82) is 0 Å². The molecule has 32 heavy (non-hydrogen) atoms. The molecule has 0 spiro atoms. The number of amides is 2. The number of H-pyrrole nitrogens is 1. The number of rotatable bonds is 5. The Morgan fingerprint density at radius 2 is 1.91 bits per heavy atom. The Kier molecular flexibility index (Phi) is 6.16. The summed E-state index contributed by atoms with van der Waals surface area (Å²) in [6, 6.07) is 12.2. The summed E-state index contributed by atoms with van der Waals surface area (Å²) >= 11 is 12.1. The Balaban J connectivity index is 1.62. The molecule has 1 aliphatic rings. The van der Waals surface area contributed by atoms with Crippen LogP contribution in [0.2, 0.25) is 10.0 Å². The van der Waals surface area contributed by atoms with Crippen molar-refractivity contribution in [3.8, 4) is 0 Å². The van der Waals surface area contributed by atoms with Gasteiger partial charge in [0.15, 0.2) is 0 Å². The number of hydrogen-bond donors (Lipinski definition) is 4. The fourth-order valence-corrected chi connectivity index (χ4v) is 3.88. The SMILES string of the molecule is CCc1ccc(NC(=O)C2CC(=O)Nc3nc(Nc4ccc(Cl)cc4Cl)[nH]c(=O)c32)cc1. The maximum absolute atomic E-state index is 12.9. The number of aromatic nitrogens is 2. The summed E-state index contributed by atoms with van der Waals surface area (Å²) in [5, 5.41) is 9.02. The standard InChI is InChI=1S/C22H19Cl2N5O3/c1-2-11-3-6-13(7-4-11)25-20(31)14-10-17(30)27-19-18(14)21(32)29-22(28-19)26-16-8-5-12(23)9-15(16)24/h3-9,14H,2,10H2,1H3,(H,25,31)(H3,26,27,28,29,30,32). The highest BCUT2D eigenvalue weighted by atomic mass is 35.5. The van der Waals surface area contributed by atoms with Gasteiger partial charge in [0, 0.05) is 17.1 Å². The van der Waals surface area contributed by atoms with Gasteiger partial charge in [-0.3, -0.25) is 19.4 Å². The summed E-state index contributed by atoms with van der Waals surface area (Å²) in [7, 11) is 0. The van der Waals surface area contributed by atoms with E-state index in [0.29, 0.717) is 21.4 Å². The third kappa shape index (κ3) is 4.61. The molecule has 0 radical (unpaired) electrons. The van der Waals surface area contributed by atoms with Gasteiger partial charge in [0.2, 0.25) is 17.8 Å². The van der Waals surface area contributed by atoms with Crippen molar-refractivity contribution >= 4 is 58.2 Å². The first-order chi connectivity index (χ1) is 15.3. The number of aromatic amines is 1. The highest BCUT2D eigenvalue weighted by molar-refractivity contribution is 6.36. The van der Waals surface area contributed by atoms with Crippen LogP contribution in [0.4, 0.5) is 23.1 Å². The summed E-state index contributed by atoms with van der Waals surface area (Å²) in [5.74, 6) is -1.76. The van der Waals surface area contributed by atoms with Gasteiger partial charge in [0.1, 0.15) is 5.82 Å². The lowest BCUT2D eigenvalue weighted by Gasteiger charge is -2.23. The van der Waals surface area contributed by atoms with Crippen LogP contribution >= 0.6 is 23.2 Å². The Morgan fingerprint density at radius 1 is 1.16 bits per heavy atom. The van der Waals surface area contributed by atoms with Crippen LogP contribution in [0.15, 0.2) is 47.3 Å². The van der Waals surface area contributed by atoms with Crippen LogP contribution in [0, 0.1) is 0 Å². The number of nitrogens with zero attached hydrogens (tertiary/aromatic N) is 1. The van der Waals surface area contributed by atoms with E-state index in [9.17, 15) is 14.4 Å². The fourth-order valence-electron chi connectivity index (χ4n) is 3.43. The van der Waals surface area contributed by atoms with Gasteiger partial charge in [-0.15, -0.1) is 0 Å². The molecule has 0 saturated heterocycles. The van der Waals surface area contributed by atoms with Gasteiger partial charge in [-0.1, -0.05) is 42.3 Å². The number of fused-ring (bicyclic) bond motifs is 1. The molecule has 0 bridgehead atoms. The maximum atomic E-state index is 12.9. The topological polar surface area (TPSA) is 116 Å². The second-order valence-electron chi connectivity index (χ2n) is 7.27. The average molecular weight is 472 g/mol. The van der Waals surface area contributed by atoms with Gasteiger partial charge in [-0.25, -0.2) is 0 Å². The van der Waals surface area contributed by atoms with Crippen molar-refractivity contribution in [2.45, 2.75) is 25.7 Å². The predicted octanol–water partition coefficient (Wildman–Crippen LogP) is 4.45. The third-order valence-corrected chi connectivity index (χ3v) is 5.63. The number of carbonyl (C=O) groups is 2. The lowest BCUT2D eigenvalue weighted by molar-refractivity contribution is -0.123. The first kappa shape index (κ1) is 21.9. The molecule has 1 aromatic heterocycles. The van der Waals surface area contributed by atoms with Gasteiger partial charge in [0.25, 0.3) is 5.56 Å². The maximum Gasteiger partial charge on any atom is 0.258 e. The molecule has 4 N–H and O–H groups in total. The molecule has 1 unspecified atom stereocenters. The van der Waals surface area contributed by atoms with Crippen molar-refractivity contribution in [3.63, 3.8) is 0 Å². The van der Waals surface area contributed by atoms with E-state index in [1.165, 1.54) is 6.07 Å². The van der Waals surface area contributed by atoms with Gasteiger partial charge in [0.05, 0.1) is 22.2 Å². The largest absolute Gasteiger partial charge is 0.326 e. The van der Waals surface area contributed by atoms with Crippen LogP contribution in [-0.4, -0.2) is 21.8 Å². The minimum absolute atomic E-state index is 0.0269. The molecular weight excluding hydrogens is 453 g/mol. The van der Waals surface area contributed by atoms with Crippen molar-refractivity contribution in [2.75, 3.05) is 16.0 Å². The molecule has 8 nitrogen and oxygen atoms in total. The molecule has 0 fully saturated rings. The molecule has 0 aliphatic carbocycles. The number of benzene rings is 2. The Labute approximate surface area is 193 Å². The van der Waals surface area contributed by atoms with Crippen LogP contribution in [0.25, 0.3) is 0 Å². The Bertz CT molecular complexity index is 1260. The smallest absolute Gasteiger partial charge is 0.258 e. The van der Waals surface area contributed by atoms with Crippen LogP contribution in [0.3, 0.4) is 0 Å². The second kappa shape index (κ2) is 9.02. The van der Waals surface area contributed by atoms with Crippen LogP contribution < -0.4 is 21.5 Å². The third-order valence-electron chi connectivity index (χ3n) is 5.08. The lowest BCUT2D eigenvalue weighted by Crippen LogP contribution is -2.36. The molecule has 2 heterocycles. The number of nitrogens with one attached hydrogen (secondary N) is 4. The molecule has 10 heteroatoms. The van der Waals surface area contributed by atoms with E-state index < -0.39 is 23.3 Å². The van der Waals surface area contributed by atoms with Crippen LogP contribution in [-0.2, 0) is 16.0 Å². The second-order valence-corrected chi connectivity index (χ2v) is 8.11. The number of carbonyl (C=O) groups excluding carboxylic acids is 2. The molecule has 3 aromatic rings. The number of aryl methyl sites for hydroxylation is 1. The Morgan fingerprint density at radius 3 is 2.59 bits per heavy atom. The van der Waals surface area contributed by atoms with Gasteiger partial charge < -0.3 is 16.0 Å². The van der Waals surface area contributed by atoms with Gasteiger partial charge >= 0.3 is 0 Å². The van der Waals surface area contributed by atoms with Crippen LogP contribution in [0.5, 0.6) is 0 Å². The summed E-state index contributed by atoms with van der Waals surface area (Å²) < 4.78 is 0. The van der Waals surface area contributed by atoms with Crippen molar-refractivity contribution in [3.05, 3.63) is 74.0 Å². The average Bonchev–Trinajstić information content (AvgIpc) is 2.75. The zero-order valence-electron chi connectivity index (χ0n) is 17.0. The molecule has 164 valence electrons. The van der Waals surface area contributed by atoms with Gasteiger partial charge in [-0.05, 0) is 42.3 Å². The van der Waals surface area contributed by atoms with E-state index >= 15 is 0 Å². The molecule has 2 aromatic carbocycles. The fraction of sp³-hybridized carbons (Fsp3) is 0.182. The summed E-state index contributed by atoms with van der Waals surface area (Å²) in [5.41, 5.74) is 1.74. The van der Waals surface area contributed by atoms with E-state index in [-0.39, 0.29) is 23.8 Å². The summed E-state index contributed by atoms with van der Waals surface area (Å²) in [6.07, 6.45) is 0.718. The molecular formula is C22H19Cl2N5O3. The number of hydrogen-bond acceptors (Lipinski definition) is 5. The monoisotopic (exact) mass is 471 g/mol. The Hall–Kier alpha value is -3.36. The van der Waals surface area contributed by atoms with Crippen molar-refractivity contribution in [1.82, 2.24) is 9.97 Å². The molecule has 0 saturated carbocycles. The predicted molar refractivity (Wildman–Crippen MR) is 125 cm³/mol. The lowest BCUT2D eigenvalue weighted by atomic mass is 9.92. The first-order valence-corrected chi connectivity index (χ1v) is 10.7. The molecule has 1 aliphatic heterocycles. The highest BCUT2D eigenvalue weighted by Gasteiger charge is 2.34. The normalized spacial score (nSPS) is 15.0. The van der Waals surface area contributed by atoms with E-state index in [4.69, 9.17) is 23.2 Å². The highest BCUT2D eigenvalue weighted by Crippen LogP contribution is 2.31. The summed E-state index contributed by atoms with van der Waals surface area (Å²) in [6.45, 7) is 2.04. The van der Waals surface area contributed by atoms with E-state index in [0.717, 1.165) is 12.0 Å². The summed E-state index contributed by atoms with van der Waals surface area (Å²) in [4.78, 5) is 44.9. The zero-order chi connectivity index (χ0) is 22.8. The van der Waals surface area contributed by atoms with E-state index in [1.807, 2.05) is 19.1 Å². The molecule has 4 rings (SSSR count). The first-order valence-electron chi connectivity index (χ1n) is 9.90. The van der Waals surface area contributed by atoms with Crippen LogP contribution in [0.1, 0.15) is 30.4 Å². The van der Waals surface area contributed by atoms with Crippen molar-refractivity contribution < 1.29 is 9.59 Å². The molecule has 1 atom stereocenters. The number of anilines is 4. The quantitative estimate of drug-likeness (QED) is 0.438. The minimum atomic E-state index is -0.978. The van der Waals surface area contributed by atoms with E-state index in [1.54, 1.807) is 24.3 Å². The zero-order valence-corrected chi connectivity index (χ0v) is 18.5. The molecule has 2 amide bonds. The van der Waals surface area contributed by atoms with Gasteiger partial charge in [-0.2, -0.15) is 4.98 Å². The minimum Gasteiger partial charge on any atom is -0.326 e. The van der Waals surface area contributed by atoms with E-state index in [2.05, 4.69) is 25.9 Å². The van der Waals surface area contributed by atoms with Crippen molar-refractivity contribution in [2.24, 2.45) is 0 Å².